The Morgan fingerprint density at radius 1 is 0.508 bits per heavy atom. The number of aliphatic carboxylic acids is 1. The number of ether oxygens (including phenoxy) is 3. The van der Waals surface area contributed by atoms with Crippen molar-refractivity contribution in [1.29, 1.82) is 0 Å². The SMILES string of the molecule is CC/C=C/C/C=C/C/C=C/C/C=C/C/C=C/C/C=C/C/C=C/CCCC(=O)OCC(COCCC(C(=O)[O-])[N+](C)(C)C)OC(=O)CCCCC/C=C/C=C/CCCCCCCCC. The molecule has 0 aromatic carbocycles. The molecule has 0 aliphatic heterocycles. The molecule has 0 spiro atoms. The Morgan fingerprint density at radius 3 is 1.44 bits per heavy atom. The van der Waals surface area contributed by atoms with Crippen molar-refractivity contribution in [1.82, 2.24) is 0 Å². The van der Waals surface area contributed by atoms with Gasteiger partial charge in [0.05, 0.1) is 40.3 Å². The number of carboxylic acids is 1. The molecule has 0 fully saturated rings. The molecule has 0 rings (SSSR count). The molecule has 0 N–H and O–H groups in total. The molecule has 63 heavy (non-hydrogen) atoms. The van der Waals surface area contributed by atoms with Crippen molar-refractivity contribution in [2.45, 2.75) is 180 Å². The zero-order valence-electron chi connectivity index (χ0n) is 40.4. The van der Waals surface area contributed by atoms with Crippen LogP contribution in [0.15, 0.2) is 109 Å². The van der Waals surface area contributed by atoms with Crippen molar-refractivity contribution < 1.29 is 38.2 Å². The Balaban J connectivity index is 4.45. The highest BCUT2D eigenvalue weighted by Gasteiger charge is 2.25. The van der Waals surface area contributed by atoms with Crippen LogP contribution in [0.2, 0.25) is 0 Å². The van der Waals surface area contributed by atoms with Crippen molar-refractivity contribution in [2.24, 2.45) is 0 Å². The number of carbonyl (C=O) groups is 3. The summed E-state index contributed by atoms with van der Waals surface area (Å²) < 4.78 is 17.1. The topological polar surface area (TPSA) is 102 Å². The second kappa shape index (κ2) is 44.6. The van der Waals surface area contributed by atoms with E-state index in [9.17, 15) is 19.5 Å². The fraction of sp³-hybridized carbons (Fsp3) is 0.618. The average molecular weight is 876 g/mol. The van der Waals surface area contributed by atoms with E-state index in [-0.39, 0.29) is 55.5 Å². The molecule has 0 amide bonds. The van der Waals surface area contributed by atoms with Crippen LogP contribution in [0, 0.1) is 0 Å². The van der Waals surface area contributed by atoms with Gasteiger partial charge in [0.2, 0.25) is 0 Å². The minimum atomic E-state index is -1.14. The third-order valence-corrected chi connectivity index (χ3v) is 10.2. The normalized spacial score (nSPS) is 13.9. The molecular weight excluding hydrogens is 787 g/mol. The number of allylic oxidation sites excluding steroid dienone is 18. The molecule has 0 heterocycles. The Kier molecular flexibility index (Phi) is 41.8. The van der Waals surface area contributed by atoms with E-state index in [0.717, 1.165) is 77.0 Å². The number of quaternary nitrogens is 1. The first kappa shape index (κ1) is 59.0. The molecule has 0 saturated heterocycles. The first-order chi connectivity index (χ1) is 30.6. The summed E-state index contributed by atoms with van der Waals surface area (Å²) in [4.78, 5) is 36.9. The molecule has 2 atom stereocenters. The minimum Gasteiger partial charge on any atom is -0.544 e. The number of unbranched alkanes of at least 4 members (excludes halogenated alkanes) is 11. The van der Waals surface area contributed by atoms with Gasteiger partial charge in [0.25, 0.3) is 0 Å². The highest BCUT2D eigenvalue weighted by atomic mass is 16.6. The van der Waals surface area contributed by atoms with Gasteiger partial charge in [-0.3, -0.25) is 9.59 Å². The third-order valence-electron chi connectivity index (χ3n) is 10.2. The molecular formula is C55H89NO7. The van der Waals surface area contributed by atoms with Gasteiger partial charge in [-0.05, 0) is 89.9 Å². The number of carboxylic acid groups (broad SMARTS) is 1. The van der Waals surface area contributed by atoms with Crippen LogP contribution in [0.5, 0.6) is 0 Å². The number of esters is 2. The van der Waals surface area contributed by atoms with Gasteiger partial charge >= 0.3 is 11.9 Å². The summed E-state index contributed by atoms with van der Waals surface area (Å²) in [6.07, 6.45) is 61.3. The molecule has 0 bridgehead atoms. The second-order valence-electron chi connectivity index (χ2n) is 17.0. The van der Waals surface area contributed by atoms with E-state index in [1.807, 2.05) is 0 Å². The van der Waals surface area contributed by atoms with Crippen LogP contribution in [-0.4, -0.2) is 75.5 Å². The van der Waals surface area contributed by atoms with Crippen LogP contribution in [0.4, 0.5) is 0 Å². The molecule has 8 heteroatoms. The fourth-order valence-corrected chi connectivity index (χ4v) is 6.40. The molecule has 356 valence electrons. The first-order valence-electron chi connectivity index (χ1n) is 24.4. The summed E-state index contributed by atoms with van der Waals surface area (Å²) in [5.41, 5.74) is 0. The van der Waals surface area contributed by atoms with Crippen LogP contribution >= 0.6 is 0 Å². The summed E-state index contributed by atoms with van der Waals surface area (Å²) >= 11 is 0. The van der Waals surface area contributed by atoms with Crippen LogP contribution in [0.25, 0.3) is 0 Å². The quantitative estimate of drug-likeness (QED) is 0.0198. The highest BCUT2D eigenvalue weighted by Crippen LogP contribution is 2.12. The monoisotopic (exact) mass is 876 g/mol. The molecule has 0 saturated carbocycles. The summed E-state index contributed by atoms with van der Waals surface area (Å²) in [5, 5.41) is 11.6. The molecule has 2 unspecified atom stereocenters. The van der Waals surface area contributed by atoms with Crippen molar-refractivity contribution in [3.8, 4) is 0 Å². The largest absolute Gasteiger partial charge is 0.544 e. The lowest BCUT2D eigenvalue weighted by molar-refractivity contribution is -0.889. The predicted molar refractivity (Wildman–Crippen MR) is 263 cm³/mol. The van der Waals surface area contributed by atoms with Crippen molar-refractivity contribution in [2.75, 3.05) is 41.0 Å². The lowest BCUT2D eigenvalue weighted by Crippen LogP contribution is -2.55. The van der Waals surface area contributed by atoms with E-state index in [4.69, 9.17) is 14.2 Å². The van der Waals surface area contributed by atoms with Crippen LogP contribution in [0.1, 0.15) is 168 Å². The van der Waals surface area contributed by atoms with Gasteiger partial charge in [0.15, 0.2) is 6.10 Å². The van der Waals surface area contributed by atoms with Crippen molar-refractivity contribution in [3.05, 3.63) is 109 Å². The smallest absolute Gasteiger partial charge is 0.306 e. The molecule has 0 aliphatic carbocycles. The van der Waals surface area contributed by atoms with Gasteiger partial charge in [0.1, 0.15) is 12.6 Å². The van der Waals surface area contributed by atoms with E-state index in [0.29, 0.717) is 12.8 Å². The van der Waals surface area contributed by atoms with E-state index in [1.54, 1.807) is 21.1 Å². The van der Waals surface area contributed by atoms with Crippen LogP contribution < -0.4 is 5.11 Å². The lowest BCUT2D eigenvalue weighted by atomic mass is 10.1. The maximum atomic E-state index is 12.7. The molecule has 8 nitrogen and oxygen atoms in total. The minimum absolute atomic E-state index is 0.00450. The summed E-state index contributed by atoms with van der Waals surface area (Å²) in [6.45, 7) is 4.44. The molecule has 0 aromatic rings. The number of hydrogen-bond acceptors (Lipinski definition) is 7. The number of likely N-dealkylation sites (N-methyl/N-ethyl adjacent to an activating group) is 1. The lowest BCUT2D eigenvalue weighted by Gasteiger charge is -2.34. The predicted octanol–water partition coefficient (Wildman–Crippen LogP) is 12.7. The van der Waals surface area contributed by atoms with Crippen molar-refractivity contribution in [3.63, 3.8) is 0 Å². The van der Waals surface area contributed by atoms with Gasteiger partial charge < -0.3 is 28.6 Å². The van der Waals surface area contributed by atoms with Gasteiger partial charge in [-0.2, -0.15) is 0 Å². The van der Waals surface area contributed by atoms with Gasteiger partial charge in [0, 0.05) is 19.3 Å². The maximum Gasteiger partial charge on any atom is 0.306 e. The Hall–Kier alpha value is -4.01. The fourth-order valence-electron chi connectivity index (χ4n) is 6.40. The first-order valence-corrected chi connectivity index (χ1v) is 24.4. The Bertz CT molecular complexity index is 1390. The average Bonchev–Trinajstić information content (AvgIpc) is 3.24. The van der Waals surface area contributed by atoms with Crippen molar-refractivity contribution >= 4 is 17.9 Å². The van der Waals surface area contributed by atoms with Gasteiger partial charge in [-0.1, -0.05) is 168 Å². The standard InChI is InChI=1S/C55H89NO7/c1-6-8-10-12-14-16-18-20-22-24-25-26-27-28-29-30-32-33-35-37-39-41-43-45-53(57)62-50-51(49-61-48-47-52(55(59)60)56(3,4)5)63-54(58)46-44-42-40-38-36-34-31-23-21-19-17-15-13-11-9-7-2/h8,10,14,16,20,22-23,25-26,28-29,31-34,36-37,39,51-52H,6-7,9,11-13,15,17-19,21,24,27,30,35,38,40-50H2,1-5H3/b10-8+,16-14+,22-20+,26-25+,29-28+,31-23+,33-32+,36-34+,39-37+. The number of hydrogen-bond donors (Lipinski definition) is 0. The van der Waals surface area contributed by atoms with Crippen LogP contribution in [-0.2, 0) is 28.6 Å². The van der Waals surface area contributed by atoms with Crippen LogP contribution in [0.3, 0.4) is 0 Å². The summed E-state index contributed by atoms with van der Waals surface area (Å²) in [5.74, 6) is -1.86. The Labute approximate surface area is 385 Å². The van der Waals surface area contributed by atoms with E-state index in [2.05, 4.69) is 123 Å². The number of rotatable bonds is 42. The molecule has 0 radical (unpaired) electrons. The summed E-state index contributed by atoms with van der Waals surface area (Å²) in [6, 6.07) is -0.746. The summed E-state index contributed by atoms with van der Waals surface area (Å²) in [7, 11) is 5.37. The molecule has 0 aliphatic rings. The zero-order valence-corrected chi connectivity index (χ0v) is 40.4. The second-order valence-corrected chi connectivity index (χ2v) is 17.0. The highest BCUT2D eigenvalue weighted by molar-refractivity contribution is 5.70. The van der Waals surface area contributed by atoms with E-state index >= 15 is 0 Å². The number of nitrogens with zero attached hydrogens (tertiary/aromatic N) is 1. The molecule has 0 aromatic heterocycles. The maximum absolute atomic E-state index is 12.7. The Morgan fingerprint density at radius 2 is 0.952 bits per heavy atom. The van der Waals surface area contributed by atoms with Gasteiger partial charge in [-0.15, -0.1) is 0 Å². The van der Waals surface area contributed by atoms with E-state index < -0.39 is 18.1 Å². The number of carbonyl (C=O) groups excluding carboxylic acids is 3. The van der Waals surface area contributed by atoms with Gasteiger partial charge in [-0.25, -0.2) is 0 Å². The zero-order chi connectivity index (χ0) is 46.3. The van der Waals surface area contributed by atoms with E-state index in [1.165, 1.54) is 44.9 Å². The third kappa shape index (κ3) is 43.0.